The number of rotatable bonds is 3. The molecular formula is C8H8LiNO4. The summed E-state index contributed by atoms with van der Waals surface area (Å²) >= 11 is 0. The van der Waals surface area contributed by atoms with Crippen molar-refractivity contribution < 1.29 is 33.3 Å². The van der Waals surface area contributed by atoms with Gasteiger partial charge in [-0.1, -0.05) is 6.07 Å². The van der Waals surface area contributed by atoms with Crippen LogP contribution >= 0.6 is 0 Å². The van der Waals surface area contributed by atoms with Crippen molar-refractivity contribution in [2.45, 2.75) is 0 Å². The Morgan fingerprint density at radius 2 is 2.07 bits per heavy atom. The molecule has 1 aromatic carbocycles. The van der Waals surface area contributed by atoms with Crippen molar-refractivity contribution in [2.24, 2.45) is 0 Å². The summed E-state index contributed by atoms with van der Waals surface area (Å²) in [6, 6.07) is 5.36. The Labute approximate surface area is 93.3 Å². The number of nitro groups is 1. The average Bonchev–Trinajstić information content (AvgIpc) is 2.16. The molecule has 14 heavy (non-hydrogen) atoms. The zero-order valence-electron chi connectivity index (χ0n) is 8.23. The van der Waals surface area contributed by atoms with Crippen molar-refractivity contribution in [1.29, 1.82) is 0 Å². The van der Waals surface area contributed by atoms with Crippen molar-refractivity contribution in [2.75, 3.05) is 14.2 Å². The van der Waals surface area contributed by atoms with Crippen molar-refractivity contribution in [3.8, 4) is 11.5 Å². The van der Waals surface area contributed by atoms with Gasteiger partial charge in [0.2, 0.25) is 5.69 Å². The first kappa shape index (κ1) is 12.8. The van der Waals surface area contributed by atoms with Gasteiger partial charge in [-0.25, -0.2) is 0 Å². The molecule has 1 aromatic rings. The van der Waals surface area contributed by atoms with Crippen LogP contribution in [0.1, 0.15) is 0 Å². The summed E-state index contributed by atoms with van der Waals surface area (Å²) in [5.74, 6) is 0.485. The van der Waals surface area contributed by atoms with Gasteiger partial charge < -0.3 is 9.47 Å². The van der Waals surface area contributed by atoms with Gasteiger partial charge in [0.1, 0.15) is 0 Å². The molecule has 5 nitrogen and oxygen atoms in total. The number of nitrogens with zero attached hydrogens (tertiary/aromatic N) is 1. The van der Waals surface area contributed by atoms with Gasteiger partial charge in [0, 0.05) is 10.7 Å². The SMILES string of the molecule is COc1c[c-]c(OC)c([N+](=O)[O-])c1.[Li+]. The summed E-state index contributed by atoms with van der Waals surface area (Å²) in [4.78, 5) is 9.96. The number of ether oxygens (including phenoxy) is 2. The molecule has 0 saturated carbocycles. The van der Waals surface area contributed by atoms with Crippen molar-refractivity contribution in [3.05, 3.63) is 28.3 Å². The fourth-order valence-corrected chi connectivity index (χ4v) is 0.870. The summed E-state index contributed by atoms with van der Waals surface area (Å²) in [6.07, 6.45) is 0. The van der Waals surface area contributed by atoms with Crippen LogP contribution in [0, 0.1) is 16.2 Å². The molecule has 1 rings (SSSR count). The van der Waals surface area contributed by atoms with Crippen LogP contribution in [-0.2, 0) is 0 Å². The van der Waals surface area contributed by atoms with Crippen LogP contribution in [0.15, 0.2) is 12.1 Å². The molecule has 0 unspecified atom stereocenters. The molecule has 0 fully saturated rings. The van der Waals surface area contributed by atoms with E-state index < -0.39 is 4.92 Å². The van der Waals surface area contributed by atoms with Gasteiger partial charge in [-0.2, -0.15) is 0 Å². The Morgan fingerprint density at radius 1 is 1.43 bits per heavy atom. The van der Waals surface area contributed by atoms with E-state index >= 15 is 0 Å². The maximum atomic E-state index is 10.5. The minimum atomic E-state index is -0.544. The standard InChI is InChI=1S/C8H8NO4.Li/c1-12-6-3-4-8(13-2)7(5-6)9(10)11;/h3,5H,1-2H3;/q-1;+1. The summed E-state index contributed by atoms with van der Waals surface area (Å²) in [7, 11) is 2.78. The van der Waals surface area contributed by atoms with E-state index in [-0.39, 0.29) is 30.3 Å². The van der Waals surface area contributed by atoms with Crippen LogP contribution in [0.4, 0.5) is 5.69 Å². The molecule has 0 aromatic heterocycles. The van der Waals surface area contributed by atoms with E-state index in [1.54, 1.807) is 0 Å². The second kappa shape index (κ2) is 5.53. The number of hydrogen-bond donors (Lipinski definition) is 0. The Hall–Kier alpha value is -1.18. The quantitative estimate of drug-likeness (QED) is 0.249. The molecular weight excluding hydrogens is 181 g/mol. The minimum absolute atomic E-state index is 0. The molecule has 0 N–H and O–H groups in total. The predicted octanol–water partition coefficient (Wildman–Crippen LogP) is -1.58. The van der Waals surface area contributed by atoms with Crippen LogP contribution in [-0.4, -0.2) is 19.1 Å². The van der Waals surface area contributed by atoms with Gasteiger partial charge in [-0.15, -0.1) is 12.1 Å². The van der Waals surface area contributed by atoms with E-state index in [1.165, 1.54) is 26.4 Å². The summed E-state index contributed by atoms with van der Waals surface area (Å²) in [5.41, 5.74) is -0.151. The van der Waals surface area contributed by atoms with Crippen LogP contribution in [0.5, 0.6) is 11.5 Å². The van der Waals surface area contributed by atoms with Gasteiger partial charge in [-0.3, -0.25) is 10.1 Å². The summed E-state index contributed by atoms with van der Waals surface area (Å²) in [6.45, 7) is 0. The van der Waals surface area contributed by atoms with Gasteiger partial charge in [0.05, 0.1) is 20.0 Å². The van der Waals surface area contributed by atoms with Gasteiger partial charge in [0.25, 0.3) is 0 Å². The van der Waals surface area contributed by atoms with Crippen LogP contribution < -0.4 is 28.3 Å². The monoisotopic (exact) mass is 189 g/mol. The van der Waals surface area contributed by atoms with E-state index in [4.69, 9.17) is 9.47 Å². The van der Waals surface area contributed by atoms with Gasteiger partial charge in [0.15, 0.2) is 0 Å². The largest absolute Gasteiger partial charge is 1.00 e. The smallest absolute Gasteiger partial charge is 0.554 e. The number of benzene rings is 1. The Kier molecular flexibility index (Phi) is 5.06. The van der Waals surface area contributed by atoms with Crippen molar-refractivity contribution in [1.82, 2.24) is 0 Å². The fraction of sp³-hybridized carbons (Fsp3) is 0.250. The molecule has 0 aliphatic rings. The maximum absolute atomic E-state index is 10.5. The first-order valence-corrected chi connectivity index (χ1v) is 3.47. The Morgan fingerprint density at radius 3 is 2.50 bits per heavy atom. The van der Waals surface area contributed by atoms with Gasteiger partial charge in [-0.05, 0) is 0 Å². The molecule has 0 amide bonds. The third-order valence-electron chi connectivity index (χ3n) is 1.49. The Bertz CT molecular complexity index is 329. The molecule has 0 saturated heterocycles. The average molecular weight is 189 g/mol. The third-order valence-corrected chi connectivity index (χ3v) is 1.49. The predicted molar refractivity (Wildman–Crippen MR) is 45.0 cm³/mol. The molecule has 0 heterocycles. The third kappa shape index (κ3) is 2.65. The first-order valence-electron chi connectivity index (χ1n) is 3.47. The molecule has 0 aliphatic heterocycles. The Balaban J connectivity index is 0.00000169. The number of methoxy groups -OCH3 is 2. The second-order valence-corrected chi connectivity index (χ2v) is 2.22. The van der Waals surface area contributed by atoms with E-state index in [1.807, 2.05) is 0 Å². The molecule has 6 heteroatoms. The van der Waals surface area contributed by atoms with Crippen LogP contribution in [0.2, 0.25) is 0 Å². The normalized spacial score (nSPS) is 8.71. The molecule has 0 bridgehead atoms. The van der Waals surface area contributed by atoms with E-state index in [0.717, 1.165) is 0 Å². The second-order valence-electron chi connectivity index (χ2n) is 2.22. The summed E-state index contributed by atoms with van der Waals surface area (Å²) < 4.78 is 9.57. The van der Waals surface area contributed by atoms with Crippen LogP contribution in [0.25, 0.3) is 0 Å². The van der Waals surface area contributed by atoms with Crippen LogP contribution in [0.3, 0.4) is 0 Å². The molecule has 0 aliphatic carbocycles. The zero-order valence-corrected chi connectivity index (χ0v) is 8.23. The minimum Gasteiger partial charge on any atom is -0.554 e. The first-order chi connectivity index (χ1) is 6.19. The van der Waals surface area contributed by atoms with E-state index in [2.05, 4.69) is 6.07 Å². The number of hydrogen-bond acceptors (Lipinski definition) is 4. The molecule has 0 atom stereocenters. The van der Waals surface area contributed by atoms with E-state index in [9.17, 15) is 10.1 Å². The van der Waals surface area contributed by atoms with Crippen molar-refractivity contribution >= 4 is 5.69 Å². The molecule has 70 valence electrons. The summed E-state index contributed by atoms with van der Waals surface area (Å²) in [5, 5.41) is 10.5. The topological polar surface area (TPSA) is 61.6 Å². The van der Waals surface area contributed by atoms with Gasteiger partial charge >= 0.3 is 18.9 Å². The van der Waals surface area contributed by atoms with Crippen molar-refractivity contribution in [3.63, 3.8) is 0 Å². The fourth-order valence-electron chi connectivity index (χ4n) is 0.870. The number of nitro benzene ring substituents is 1. The molecule has 0 spiro atoms. The zero-order chi connectivity index (χ0) is 9.84. The molecule has 0 radical (unpaired) electrons. The van der Waals surface area contributed by atoms with E-state index in [0.29, 0.717) is 5.75 Å². The maximum Gasteiger partial charge on any atom is 1.00 e.